The fourth-order valence-electron chi connectivity index (χ4n) is 3.51. The number of methoxy groups -OCH3 is 3. The molecular formula is C27H23NO4. The summed E-state index contributed by atoms with van der Waals surface area (Å²) >= 11 is 0. The number of allylic oxidation sites excluding steroid dienone is 1. The quantitative estimate of drug-likeness (QED) is 0.276. The van der Waals surface area contributed by atoms with Crippen LogP contribution in [0.1, 0.15) is 16.1 Å². The van der Waals surface area contributed by atoms with Crippen molar-refractivity contribution in [2.45, 2.75) is 0 Å². The lowest BCUT2D eigenvalue weighted by Gasteiger charge is -2.10. The molecule has 5 nitrogen and oxygen atoms in total. The first-order valence-electron chi connectivity index (χ1n) is 10.1. The number of pyridine rings is 1. The van der Waals surface area contributed by atoms with E-state index in [1.54, 1.807) is 38.5 Å². The molecule has 0 atom stereocenters. The molecule has 0 amide bonds. The van der Waals surface area contributed by atoms with Crippen molar-refractivity contribution < 1.29 is 19.0 Å². The lowest BCUT2D eigenvalue weighted by atomic mass is 10.00. The standard InChI is InChI=1S/C27H23NO4/c1-30-20-10-8-18(9-11-20)23-16-19-6-4-5-7-24(19)28-25(23)14-15-26(29)22-13-12-21(31-2)17-27(22)32-3/h4-17H,1-3H3/b15-14+. The van der Waals surface area contributed by atoms with Gasteiger partial charge in [-0.3, -0.25) is 4.79 Å². The summed E-state index contributed by atoms with van der Waals surface area (Å²) in [6.07, 6.45) is 3.27. The van der Waals surface area contributed by atoms with E-state index in [4.69, 9.17) is 19.2 Å². The number of fused-ring (bicyclic) bond motifs is 1. The number of benzene rings is 3. The number of para-hydroxylation sites is 1. The molecule has 1 aromatic heterocycles. The fraction of sp³-hybridized carbons (Fsp3) is 0.111. The Labute approximate surface area is 186 Å². The first-order valence-corrected chi connectivity index (χ1v) is 10.1. The van der Waals surface area contributed by atoms with Crippen molar-refractivity contribution in [1.82, 2.24) is 4.98 Å². The molecule has 3 aromatic carbocycles. The van der Waals surface area contributed by atoms with Crippen molar-refractivity contribution in [1.29, 1.82) is 0 Å². The fourth-order valence-corrected chi connectivity index (χ4v) is 3.51. The highest BCUT2D eigenvalue weighted by atomic mass is 16.5. The van der Waals surface area contributed by atoms with Crippen LogP contribution in [0.15, 0.2) is 78.9 Å². The summed E-state index contributed by atoms with van der Waals surface area (Å²) in [5.74, 6) is 1.68. The van der Waals surface area contributed by atoms with Gasteiger partial charge in [0.1, 0.15) is 17.2 Å². The Morgan fingerprint density at radius 1 is 0.812 bits per heavy atom. The minimum Gasteiger partial charge on any atom is -0.497 e. The molecule has 0 aliphatic rings. The third-order valence-corrected chi connectivity index (χ3v) is 5.22. The molecule has 0 aliphatic carbocycles. The first kappa shape index (κ1) is 21.1. The van der Waals surface area contributed by atoms with Crippen LogP contribution in [0.25, 0.3) is 28.1 Å². The zero-order chi connectivity index (χ0) is 22.5. The zero-order valence-electron chi connectivity index (χ0n) is 18.2. The van der Waals surface area contributed by atoms with Crippen LogP contribution >= 0.6 is 0 Å². The molecule has 160 valence electrons. The molecule has 0 aliphatic heterocycles. The van der Waals surface area contributed by atoms with Crippen molar-refractivity contribution in [3.05, 3.63) is 90.1 Å². The van der Waals surface area contributed by atoms with Gasteiger partial charge in [0.05, 0.1) is 38.1 Å². The maximum absolute atomic E-state index is 12.9. The van der Waals surface area contributed by atoms with E-state index in [2.05, 4.69) is 6.07 Å². The van der Waals surface area contributed by atoms with Gasteiger partial charge >= 0.3 is 0 Å². The Kier molecular flexibility index (Phi) is 6.17. The zero-order valence-corrected chi connectivity index (χ0v) is 18.2. The number of carbonyl (C=O) groups is 1. The van der Waals surface area contributed by atoms with Gasteiger partial charge in [0.25, 0.3) is 0 Å². The normalized spacial score (nSPS) is 11.0. The summed E-state index contributed by atoms with van der Waals surface area (Å²) in [4.78, 5) is 17.7. The highest BCUT2D eigenvalue weighted by molar-refractivity contribution is 6.09. The minimum absolute atomic E-state index is 0.180. The SMILES string of the molecule is COc1ccc(-c2cc3ccccc3nc2/C=C/C(=O)c2ccc(OC)cc2OC)cc1. The Hall–Kier alpha value is -4.12. The molecule has 0 spiro atoms. The number of aromatic nitrogens is 1. The highest BCUT2D eigenvalue weighted by Gasteiger charge is 2.12. The molecule has 0 bridgehead atoms. The molecular weight excluding hydrogens is 402 g/mol. The van der Waals surface area contributed by atoms with Crippen LogP contribution in [-0.2, 0) is 0 Å². The monoisotopic (exact) mass is 425 g/mol. The molecule has 5 heteroatoms. The lowest BCUT2D eigenvalue weighted by molar-refractivity contribution is 0.104. The average Bonchev–Trinajstić information content (AvgIpc) is 2.86. The van der Waals surface area contributed by atoms with E-state index in [1.165, 1.54) is 13.2 Å². The van der Waals surface area contributed by atoms with E-state index in [-0.39, 0.29) is 5.78 Å². The molecule has 32 heavy (non-hydrogen) atoms. The maximum Gasteiger partial charge on any atom is 0.189 e. The van der Waals surface area contributed by atoms with Gasteiger partial charge in [-0.25, -0.2) is 4.98 Å². The predicted octanol–water partition coefficient (Wildman–Crippen LogP) is 5.82. The second-order valence-electron chi connectivity index (χ2n) is 7.11. The van der Waals surface area contributed by atoms with E-state index in [0.29, 0.717) is 22.8 Å². The van der Waals surface area contributed by atoms with Crippen LogP contribution in [0.2, 0.25) is 0 Å². The highest BCUT2D eigenvalue weighted by Crippen LogP contribution is 2.30. The van der Waals surface area contributed by atoms with Gasteiger partial charge in [-0.05, 0) is 54.1 Å². The molecule has 0 fully saturated rings. The van der Waals surface area contributed by atoms with Crippen LogP contribution < -0.4 is 14.2 Å². The summed E-state index contributed by atoms with van der Waals surface area (Å²) in [6, 6.07) is 22.9. The minimum atomic E-state index is -0.180. The Morgan fingerprint density at radius 2 is 1.53 bits per heavy atom. The third-order valence-electron chi connectivity index (χ3n) is 5.22. The summed E-state index contributed by atoms with van der Waals surface area (Å²) in [5, 5.41) is 1.03. The van der Waals surface area contributed by atoms with Crippen molar-refractivity contribution in [3.63, 3.8) is 0 Å². The maximum atomic E-state index is 12.9. The van der Waals surface area contributed by atoms with Crippen LogP contribution in [0.4, 0.5) is 0 Å². The molecule has 0 saturated heterocycles. The van der Waals surface area contributed by atoms with Gasteiger partial charge in [-0.1, -0.05) is 30.3 Å². The molecule has 0 N–H and O–H groups in total. The molecule has 0 saturated carbocycles. The summed E-state index contributed by atoms with van der Waals surface area (Å²) in [7, 11) is 4.74. The number of hydrogen-bond acceptors (Lipinski definition) is 5. The number of ether oxygens (including phenoxy) is 3. The van der Waals surface area contributed by atoms with Crippen molar-refractivity contribution >= 4 is 22.8 Å². The number of nitrogens with zero attached hydrogens (tertiary/aromatic N) is 1. The number of hydrogen-bond donors (Lipinski definition) is 0. The van der Waals surface area contributed by atoms with Crippen molar-refractivity contribution in [3.8, 4) is 28.4 Å². The van der Waals surface area contributed by atoms with E-state index in [9.17, 15) is 4.79 Å². The van der Waals surface area contributed by atoms with E-state index in [0.717, 1.165) is 27.8 Å². The van der Waals surface area contributed by atoms with Gasteiger partial charge in [0, 0.05) is 17.0 Å². The number of rotatable bonds is 7. The Balaban J connectivity index is 1.76. The topological polar surface area (TPSA) is 57.7 Å². The molecule has 4 rings (SSSR count). The Morgan fingerprint density at radius 3 is 2.25 bits per heavy atom. The van der Waals surface area contributed by atoms with Crippen molar-refractivity contribution in [2.24, 2.45) is 0 Å². The summed E-state index contributed by atoms with van der Waals surface area (Å²) < 4.78 is 15.9. The Bertz CT molecular complexity index is 1290. The summed E-state index contributed by atoms with van der Waals surface area (Å²) in [6.45, 7) is 0. The smallest absolute Gasteiger partial charge is 0.189 e. The second-order valence-corrected chi connectivity index (χ2v) is 7.11. The third kappa shape index (κ3) is 4.32. The van der Waals surface area contributed by atoms with Crippen LogP contribution in [0.3, 0.4) is 0 Å². The average molecular weight is 425 g/mol. The van der Waals surface area contributed by atoms with Gasteiger partial charge in [0.15, 0.2) is 5.78 Å². The van der Waals surface area contributed by atoms with Gasteiger partial charge in [0.2, 0.25) is 0 Å². The molecule has 1 heterocycles. The van der Waals surface area contributed by atoms with Gasteiger partial charge < -0.3 is 14.2 Å². The van der Waals surface area contributed by atoms with Crippen LogP contribution in [-0.4, -0.2) is 32.1 Å². The molecule has 0 unspecified atom stereocenters. The van der Waals surface area contributed by atoms with Crippen LogP contribution in [0, 0.1) is 0 Å². The predicted molar refractivity (Wildman–Crippen MR) is 127 cm³/mol. The van der Waals surface area contributed by atoms with Gasteiger partial charge in [-0.15, -0.1) is 0 Å². The first-order chi connectivity index (χ1) is 15.6. The molecule has 0 radical (unpaired) electrons. The molecule has 4 aromatic rings. The second kappa shape index (κ2) is 9.35. The van der Waals surface area contributed by atoms with Crippen molar-refractivity contribution in [2.75, 3.05) is 21.3 Å². The van der Waals surface area contributed by atoms with Gasteiger partial charge in [-0.2, -0.15) is 0 Å². The largest absolute Gasteiger partial charge is 0.497 e. The lowest BCUT2D eigenvalue weighted by Crippen LogP contribution is -2.00. The summed E-state index contributed by atoms with van der Waals surface area (Å²) in [5.41, 5.74) is 3.93. The number of carbonyl (C=O) groups excluding carboxylic acids is 1. The number of ketones is 1. The van der Waals surface area contributed by atoms with E-state index in [1.807, 2.05) is 48.5 Å². The van der Waals surface area contributed by atoms with Crippen LogP contribution in [0.5, 0.6) is 17.2 Å². The van der Waals surface area contributed by atoms with E-state index >= 15 is 0 Å². The van der Waals surface area contributed by atoms with E-state index < -0.39 is 0 Å².